The second-order valence-corrected chi connectivity index (χ2v) is 6.73. The number of aliphatic imine (C=N–C) groups is 1. The van der Waals surface area contributed by atoms with E-state index in [0.717, 1.165) is 38.6 Å². The Kier molecular flexibility index (Phi) is 6.85. The largest absolute Gasteiger partial charge is 0.357 e. The van der Waals surface area contributed by atoms with Gasteiger partial charge in [0.25, 0.3) is 0 Å². The van der Waals surface area contributed by atoms with Crippen molar-refractivity contribution in [2.45, 2.75) is 39.4 Å². The maximum atomic E-state index is 12.4. The summed E-state index contributed by atoms with van der Waals surface area (Å²) in [6, 6.07) is 18.5. The smallest absolute Gasteiger partial charge is 0.223 e. The van der Waals surface area contributed by atoms with E-state index in [2.05, 4.69) is 39.9 Å². The number of hydrogen-bond acceptors (Lipinski definition) is 2. The monoisotopic (exact) mass is 364 g/mol. The van der Waals surface area contributed by atoms with Crippen molar-refractivity contribution in [2.75, 3.05) is 13.1 Å². The molecule has 1 amide bonds. The van der Waals surface area contributed by atoms with Gasteiger partial charge < -0.3 is 15.5 Å². The minimum atomic E-state index is 0.222. The van der Waals surface area contributed by atoms with Crippen LogP contribution in [-0.2, 0) is 24.4 Å². The summed E-state index contributed by atoms with van der Waals surface area (Å²) in [6.45, 7) is 5.71. The first kappa shape index (κ1) is 19.0. The lowest BCUT2D eigenvalue weighted by molar-refractivity contribution is -0.131. The molecule has 0 unspecified atom stereocenters. The number of hydrogen-bond donors (Lipinski definition) is 2. The highest BCUT2D eigenvalue weighted by molar-refractivity contribution is 5.80. The first-order chi connectivity index (χ1) is 13.3. The number of nitrogens with one attached hydrogen (secondary N) is 2. The number of carbonyl (C=O) groups excluding carboxylic acids is 1. The van der Waals surface area contributed by atoms with Crippen LogP contribution in [-0.4, -0.2) is 29.9 Å². The molecule has 2 N–H and O–H groups in total. The summed E-state index contributed by atoms with van der Waals surface area (Å²) in [5.41, 5.74) is 3.72. The van der Waals surface area contributed by atoms with E-state index in [1.54, 1.807) is 0 Å². The van der Waals surface area contributed by atoms with E-state index in [4.69, 9.17) is 0 Å². The SMILES string of the molecule is CCNC(=NCc1ccccc1)NCCCC(=O)N1Cc2ccccc2C1. The third-order valence-corrected chi connectivity index (χ3v) is 4.66. The average Bonchev–Trinajstić information content (AvgIpc) is 3.14. The Balaban J connectivity index is 1.40. The van der Waals surface area contributed by atoms with Crippen LogP contribution in [0.1, 0.15) is 36.5 Å². The van der Waals surface area contributed by atoms with Crippen LogP contribution in [0.3, 0.4) is 0 Å². The molecule has 1 heterocycles. The van der Waals surface area contributed by atoms with Crippen molar-refractivity contribution in [3.8, 4) is 0 Å². The molecule has 27 heavy (non-hydrogen) atoms. The van der Waals surface area contributed by atoms with Gasteiger partial charge in [-0.3, -0.25) is 4.79 Å². The molecule has 3 rings (SSSR count). The van der Waals surface area contributed by atoms with E-state index in [9.17, 15) is 4.79 Å². The van der Waals surface area contributed by atoms with E-state index in [0.29, 0.717) is 13.0 Å². The molecule has 0 saturated carbocycles. The van der Waals surface area contributed by atoms with Crippen molar-refractivity contribution in [2.24, 2.45) is 4.99 Å². The Morgan fingerprint density at radius 3 is 2.33 bits per heavy atom. The number of rotatable bonds is 7. The highest BCUT2D eigenvalue weighted by Crippen LogP contribution is 2.22. The van der Waals surface area contributed by atoms with Crippen molar-refractivity contribution >= 4 is 11.9 Å². The third-order valence-electron chi connectivity index (χ3n) is 4.66. The van der Waals surface area contributed by atoms with Crippen LogP contribution in [0.15, 0.2) is 59.6 Å². The molecule has 142 valence electrons. The summed E-state index contributed by atoms with van der Waals surface area (Å²) < 4.78 is 0. The van der Waals surface area contributed by atoms with E-state index in [1.165, 1.54) is 16.7 Å². The van der Waals surface area contributed by atoms with Crippen molar-refractivity contribution in [1.82, 2.24) is 15.5 Å². The van der Waals surface area contributed by atoms with Gasteiger partial charge in [-0.2, -0.15) is 0 Å². The summed E-state index contributed by atoms with van der Waals surface area (Å²) in [4.78, 5) is 19.0. The first-order valence-corrected chi connectivity index (χ1v) is 9.67. The Bertz CT molecular complexity index is 748. The predicted molar refractivity (Wildman–Crippen MR) is 109 cm³/mol. The van der Waals surface area contributed by atoms with Gasteiger partial charge in [0.05, 0.1) is 6.54 Å². The number of carbonyl (C=O) groups is 1. The Morgan fingerprint density at radius 1 is 1.00 bits per heavy atom. The lowest BCUT2D eigenvalue weighted by Gasteiger charge is -2.16. The zero-order valence-electron chi connectivity index (χ0n) is 15.9. The molecule has 0 aromatic heterocycles. The van der Waals surface area contributed by atoms with E-state index in [-0.39, 0.29) is 5.91 Å². The number of guanidine groups is 1. The molecule has 0 saturated heterocycles. The number of amides is 1. The van der Waals surface area contributed by atoms with Crippen molar-refractivity contribution in [3.05, 3.63) is 71.3 Å². The number of fused-ring (bicyclic) bond motifs is 1. The van der Waals surface area contributed by atoms with Crippen molar-refractivity contribution in [3.63, 3.8) is 0 Å². The molecule has 0 radical (unpaired) electrons. The molecule has 0 fully saturated rings. The second-order valence-electron chi connectivity index (χ2n) is 6.73. The van der Waals surface area contributed by atoms with E-state index < -0.39 is 0 Å². The van der Waals surface area contributed by atoms with Gasteiger partial charge in [0.2, 0.25) is 5.91 Å². The quantitative estimate of drug-likeness (QED) is 0.451. The molecular formula is C22H28N4O. The van der Waals surface area contributed by atoms with Crippen molar-refractivity contribution < 1.29 is 4.79 Å². The Hall–Kier alpha value is -2.82. The number of benzene rings is 2. The standard InChI is InChI=1S/C22H28N4O/c1-2-23-22(25-15-18-9-4-3-5-10-18)24-14-8-13-21(27)26-16-19-11-6-7-12-20(19)17-26/h3-7,9-12H,2,8,13-17H2,1H3,(H2,23,24,25). The zero-order chi connectivity index (χ0) is 18.9. The maximum absolute atomic E-state index is 12.4. The normalized spacial score (nSPS) is 13.4. The summed E-state index contributed by atoms with van der Waals surface area (Å²) >= 11 is 0. The Morgan fingerprint density at radius 2 is 1.67 bits per heavy atom. The van der Waals surface area contributed by atoms with Gasteiger partial charge in [0.15, 0.2) is 5.96 Å². The third kappa shape index (κ3) is 5.58. The minimum Gasteiger partial charge on any atom is -0.357 e. The van der Waals surface area contributed by atoms with Crippen molar-refractivity contribution in [1.29, 1.82) is 0 Å². The molecule has 2 aromatic rings. The molecule has 2 aromatic carbocycles. The second kappa shape index (κ2) is 9.76. The van der Waals surface area contributed by atoms with Gasteiger partial charge in [-0.1, -0.05) is 54.6 Å². The van der Waals surface area contributed by atoms with Crippen LogP contribution >= 0.6 is 0 Å². The van der Waals surface area contributed by atoms with Crippen LogP contribution in [0.5, 0.6) is 0 Å². The fourth-order valence-electron chi connectivity index (χ4n) is 3.21. The summed E-state index contributed by atoms with van der Waals surface area (Å²) in [5.74, 6) is 1.02. The van der Waals surface area contributed by atoms with E-state index >= 15 is 0 Å². The van der Waals surface area contributed by atoms with Gasteiger partial charge in [-0.25, -0.2) is 4.99 Å². The average molecular weight is 364 g/mol. The highest BCUT2D eigenvalue weighted by atomic mass is 16.2. The molecule has 1 aliphatic rings. The number of nitrogens with zero attached hydrogens (tertiary/aromatic N) is 2. The topological polar surface area (TPSA) is 56.7 Å². The van der Waals surface area contributed by atoms with Crippen LogP contribution in [0, 0.1) is 0 Å². The molecule has 0 aliphatic carbocycles. The first-order valence-electron chi connectivity index (χ1n) is 9.67. The zero-order valence-corrected chi connectivity index (χ0v) is 15.9. The molecule has 5 heteroatoms. The fraction of sp³-hybridized carbons (Fsp3) is 0.364. The van der Waals surface area contributed by atoms with E-state index in [1.807, 2.05) is 42.2 Å². The lowest BCUT2D eigenvalue weighted by Crippen LogP contribution is -2.38. The summed E-state index contributed by atoms with van der Waals surface area (Å²) in [5, 5.41) is 6.57. The maximum Gasteiger partial charge on any atom is 0.223 e. The van der Waals surface area contributed by atoms with Gasteiger partial charge in [-0.15, -0.1) is 0 Å². The van der Waals surface area contributed by atoms with Crippen LogP contribution in [0.25, 0.3) is 0 Å². The van der Waals surface area contributed by atoms with Crippen LogP contribution < -0.4 is 10.6 Å². The Labute approximate surface area is 161 Å². The summed E-state index contributed by atoms with van der Waals surface area (Å²) in [6.07, 6.45) is 1.35. The van der Waals surface area contributed by atoms with Crippen LogP contribution in [0.4, 0.5) is 0 Å². The predicted octanol–water partition coefficient (Wildman–Crippen LogP) is 3.06. The molecule has 0 spiro atoms. The molecular weight excluding hydrogens is 336 g/mol. The summed E-state index contributed by atoms with van der Waals surface area (Å²) in [7, 11) is 0. The molecule has 5 nitrogen and oxygen atoms in total. The minimum absolute atomic E-state index is 0.222. The van der Waals surface area contributed by atoms with Gasteiger partial charge in [0.1, 0.15) is 0 Å². The van der Waals surface area contributed by atoms with Gasteiger partial charge in [-0.05, 0) is 30.0 Å². The highest BCUT2D eigenvalue weighted by Gasteiger charge is 2.22. The van der Waals surface area contributed by atoms with Gasteiger partial charge in [0, 0.05) is 32.6 Å². The molecule has 0 atom stereocenters. The molecule has 0 bridgehead atoms. The van der Waals surface area contributed by atoms with Crippen LogP contribution in [0.2, 0.25) is 0 Å². The molecule has 1 aliphatic heterocycles. The fourth-order valence-corrected chi connectivity index (χ4v) is 3.21. The lowest BCUT2D eigenvalue weighted by atomic mass is 10.1. The van der Waals surface area contributed by atoms with Gasteiger partial charge >= 0.3 is 0 Å².